The fourth-order valence-corrected chi connectivity index (χ4v) is 1.16. The van der Waals surface area contributed by atoms with Crippen molar-refractivity contribution in [1.82, 2.24) is 0 Å². The molecule has 0 aromatic heterocycles. The summed E-state index contributed by atoms with van der Waals surface area (Å²) in [5, 5.41) is 0. The van der Waals surface area contributed by atoms with Crippen molar-refractivity contribution in [3.05, 3.63) is 35.9 Å². The van der Waals surface area contributed by atoms with Gasteiger partial charge in [0.1, 0.15) is 6.29 Å². The van der Waals surface area contributed by atoms with Crippen molar-refractivity contribution < 1.29 is 4.79 Å². The van der Waals surface area contributed by atoms with Crippen LogP contribution in [0.3, 0.4) is 0 Å². The Morgan fingerprint density at radius 2 is 2.31 bits per heavy atom. The third-order valence-corrected chi connectivity index (χ3v) is 2.01. The van der Waals surface area contributed by atoms with Gasteiger partial charge in [0, 0.05) is 16.8 Å². The van der Waals surface area contributed by atoms with Crippen molar-refractivity contribution in [2.75, 3.05) is 5.73 Å². The van der Waals surface area contributed by atoms with Crippen LogP contribution in [0.25, 0.3) is 5.57 Å². The molecule has 0 aliphatic heterocycles. The predicted octanol–water partition coefficient (Wildman–Crippen LogP) is 2.04. The van der Waals surface area contributed by atoms with E-state index in [0.29, 0.717) is 11.3 Å². The van der Waals surface area contributed by atoms with Crippen LogP contribution >= 0.6 is 0 Å². The molecule has 2 nitrogen and oxygen atoms in total. The molecule has 0 saturated heterocycles. The molecule has 1 rings (SSSR count). The molecule has 68 valence electrons. The van der Waals surface area contributed by atoms with Gasteiger partial charge in [-0.05, 0) is 24.1 Å². The van der Waals surface area contributed by atoms with E-state index < -0.39 is 0 Å². The molecule has 0 atom stereocenters. The van der Waals surface area contributed by atoms with Crippen LogP contribution in [0.2, 0.25) is 0 Å². The van der Waals surface area contributed by atoms with Crippen LogP contribution in [0.15, 0.2) is 24.8 Å². The quantitative estimate of drug-likeness (QED) is 0.434. The second kappa shape index (κ2) is 3.90. The van der Waals surface area contributed by atoms with E-state index in [0.717, 1.165) is 23.8 Å². The molecule has 0 aliphatic rings. The number of nitrogen functional groups attached to an aromatic ring is 1. The Kier molecular flexibility index (Phi) is 2.85. The average molecular weight is 175 g/mol. The van der Waals surface area contributed by atoms with Gasteiger partial charge in [0.2, 0.25) is 0 Å². The van der Waals surface area contributed by atoms with Crippen molar-refractivity contribution in [1.29, 1.82) is 0 Å². The van der Waals surface area contributed by atoms with Gasteiger partial charge in [-0.2, -0.15) is 0 Å². The molecule has 0 fully saturated rings. The Morgan fingerprint density at radius 1 is 1.62 bits per heavy atom. The zero-order chi connectivity index (χ0) is 9.84. The van der Waals surface area contributed by atoms with E-state index >= 15 is 0 Å². The molecule has 0 spiro atoms. The van der Waals surface area contributed by atoms with Crippen LogP contribution in [0.1, 0.15) is 18.1 Å². The molecule has 0 unspecified atom stereocenters. The highest BCUT2D eigenvalue weighted by Crippen LogP contribution is 2.20. The molecule has 13 heavy (non-hydrogen) atoms. The summed E-state index contributed by atoms with van der Waals surface area (Å²) >= 11 is 0. The largest absolute Gasteiger partial charge is 0.398 e. The summed E-state index contributed by atoms with van der Waals surface area (Å²) in [6, 6.07) is 5.67. The maximum Gasteiger partial charge on any atom is 0.150 e. The number of rotatable bonds is 3. The van der Waals surface area contributed by atoms with Crippen molar-refractivity contribution >= 4 is 17.5 Å². The SMILES string of the molecule is C=C(C=O)c1cc(CC)ccc1N. The number of aryl methyl sites for hydroxylation is 1. The third kappa shape index (κ3) is 1.96. The first-order valence-corrected chi connectivity index (χ1v) is 4.22. The van der Waals surface area contributed by atoms with Crippen LogP contribution in [0, 0.1) is 0 Å². The van der Waals surface area contributed by atoms with Crippen molar-refractivity contribution in [2.45, 2.75) is 13.3 Å². The molecule has 2 N–H and O–H groups in total. The molecule has 0 radical (unpaired) electrons. The highest BCUT2D eigenvalue weighted by molar-refractivity contribution is 6.08. The van der Waals surface area contributed by atoms with E-state index in [1.165, 1.54) is 0 Å². The summed E-state index contributed by atoms with van der Waals surface area (Å²) in [7, 11) is 0. The van der Waals surface area contributed by atoms with Crippen molar-refractivity contribution in [3.8, 4) is 0 Å². The summed E-state index contributed by atoms with van der Waals surface area (Å²) in [5.74, 6) is 0. The maximum atomic E-state index is 10.5. The zero-order valence-corrected chi connectivity index (χ0v) is 7.71. The predicted molar refractivity (Wildman–Crippen MR) is 55.3 cm³/mol. The average Bonchev–Trinajstić information content (AvgIpc) is 2.17. The van der Waals surface area contributed by atoms with E-state index in [9.17, 15) is 4.79 Å². The van der Waals surface area contributed by atoms with Gasteiger partial charge < -0.3 is 5.73 Å². The van der Waals surface area contributed by atoms with Crippen LogP contribution in [-0.4, -0.2) is 6.29 Å². The minimum absolute atomic E-state index is 0.438. The number of anilines is 1. The van der Waals surface area contributed by atoms with Gasteiger partial charge in [-0.25, -0.2) is 0 Å². The molecule has 0 amide bonds. The van der Waals surface area contributed by atoms with Crippen molar-refractivity contribution in [2.24, 2.45) is 0 Å². The van der Waals surface area contributed by atoms with Crippen LogP contribution in [0.5, 0.6) is 0 Å². The molecule has 1 aromatic rings. The second-order valence-corrected chi connectivity index (χ2v) is 2.92. The number of hydrogen-bond acceptors (Lipinski definition) is 2. The summed E-state index contributed by atoms with van der Waals surface area (Å²) in [6.45, 7) is 5.69. The lowest BCUT2D eigenvalue weighted by Gasteiger charge is -2.05. The standard InChI is InChI=1S/C11H13NO/c1-3-9-4-5-11(12)10(6-9)8(2)7-13/h4-7H,2-3,12H2,1H3. The van der Waals surface area contributed by atoms with Gasteiger partial charge in [0.05, 0.1) is 0 Å². The summed E-state index contributed by atoms with van der Waals surface area (Å²) in [4.78, 5) is 10.5. The molecule has 0 aliphatic carbocycles. The first kappa shape index (κ1) is 9.52. The minimum atomic E-state index is 0.438. The number of carbonyl (C=O) groups excluding carboxylic acids is 1. The first-order valence-electron chi connectivity index (χ1n) is 4.22. The molecule has 0 heterocycles. The second-order valence-electron chi connectivity index (χ2n) is 2.92. The Balaban J connectivity index is 3.18. The lowest BCUT2D eigenvalue weighted by Crippen LogP contribution is -1.95. The fourth-order valence-electron chi connectivity index (χ4n) is 1.16. The summed E-state index contributed by atoms with van der Waals surface area (Å²) in [5.41, 5.74) is 8.65. The fraction of sp³-hybridized carbons (Fsp3) is 0.182. The zero-order valence-electron chi connectivity index (χ0n) is 7.71. The van der Waals surface area contributed by atoms with E-state index in [1.54, 1.807) is 0 Å². The normalized spacial score (nSPS) is 9.62. The van der Waals surface area contributed by atoms with Gasteiger partial charge in [0.25, 0.3) is 0 Å². The number of aldehydes is 1. The molecule has 2 heteroatoms. The van der Waals surface area contributed by atoms with Gasteiger partial charge in [-0.1, -0.05) is 19.6 Å². The van der Waals surface area contributed by atoms with Crippen LogP contribution in [-0.2, 0) is 11.2 Å². The lowest BCUT2D eigenvalue weighted by atomic mass is 10.0. The first-order chi connectivity index (χ1) is 6.19. The number of nitrogens with two attached hydrogens (primary N) is 1. The topological polar surface area (TPSA) is 43.1 Å². The molecular weight excluding hydrogens is 162 g/mol. The van der Waals surface area contributed by atoms with Gasteiger partial charge in [0.15, 0.2) is 0 Å². The van der Waals surface area contributed by atoms with E-state index in [2.05, 4.69) is 13.5 Å². The maximum absolute atomic E-state index is 10.5. The number of hydrogen-bond donors (Lipinski definition) is 1. The Hall–Kier alpha value is -1.57. The molecular formula is C11H13NO. The Morgan fingerprint density at radius 3 is 2.85 bits per heavy atom. The Bertz CT molecular complexity index is 342. The lowest BCUT2D eigenvalue weighted by molar-refractivity contribution is -0.103. The number of benzene rings is 1. The van der Waals surface area contributed by atoms with Gasteiger partial charge >= 0.3 is 0 Å². The third-order valence-electron chi connectivity index (χ3n) is 2.01. The van der Waals surface area contributed by atoms with Crippen LogP contribution in [0.4, 0.5) is 5.69 Å². The minimum Gasteiger partial charge on any atom is -0.398 e. The number of allylic oxidation sites excluding steroid dienone is 1. The monoisotopic (exact) mass is 175 g/mol. The van der Waals surface area contributed by atoms with E-state index in [-0.39, 0.29) is 0 Å². The number of carbonyl (C=O) groups is 1. The highest BCUT2D eigenvalue weighted by Gasteiger charge is 2.02. The van der Waals surface area contributed by atoms with Crippen LogP contribution < -0.4 is 5.73 Å². The Labute approximate surface area is 78.1 Å². The molecule has 0 bridgehead atoms. The summed E-state index contributed by atoms with van der Waals surface area (Å²) < 4.78 is 0. The molecule has 1 aromatic carbocycles. The van der Waals surface area contributed by atoms with Gasteiger partial charge in [-0.15, -0.1) is 0 Å². The van der Waals surface area contributed by atoms with E-state index in [1.807, 2.05) is 18.2 Å². The summed E-state index contributed by atoms with van der Waals surface area (Å²) in [6.07, 6.45) is 1.66. The highest BCUT2D eigenvalue weighted by atomic mass is 16.1. The molecule has 0 saturated carbocycles. The van der Waals surface area contributed by atoms with Gasteiger partial charge in [-0.3, -0.25) is 4.79 Å². The van der Waals surface area contributed by atoms with E-state index in [4.69, 9.17) is 5.73 Å². The van der Waals surface area contributed by atoms with Crippen molar-refractivity contribution in [3.63, 3.8) is 0 Å². The smallest absolute Gasteiger partial charge is 0.150 e.